The molecule has 1 fully saturated rings. The van der Waals surface area contributed by atoms with Gasteiger partial charge in [0, 0.05) is 19.5 Å². The number of hydrogen-bond acceptors (Lipinski definition) is 6. The molecule has 8 nitrogen and oxygen atoms in total. The van der Waals surface area contributed by atoms with E-state index in [1.54, 1.807) is 40.6 Å². The maximum Gasteiger partial charge on any atom is 0.337 e. The molecule has 1 saturated heterocycles. The number of aryl methyl sites for hydroxylation is 1. The van der Waals surface area contributed by atoms with Crippen molar-refractivity contribution in [2.24, 2.45) is 0 Å². The van der Waals surface area contributed by atoms with Crippen LogP contribution in [-0.2, 0) is 29.0 Å². The number of urea groups is 1. The zero-order chi connectivity index (χ0) is 27.9. The van der Waals surface area contributed by atoms with Crippen LogP contribution in [0, 0.1) is 0 Å². The second-order valence-corrected chi connectivity index (χ2v) is 11.7. The Morgan fingerprint density at radius 1 is 1.05 bits per heavy atom. The van der Waals surface area contributed by atoms with Gasteiger partial charge in [-0.25, -0.2) is 14.6 Å². The molecule has 0 saturated carbocycles. The first-order valence-electron chi connectivity index (χ1n) is 13.2. The average Bonchev–Trinajstić information content (AvgIpc) is 3.59. The van der Waals surface area contributed by atoms with Gasteiger partial charge in [0.2, 0.25) is 0 Å². The molecule has 0 bridgehead atoms. The van der Waals surface area contributed by atoms with E-state index < -0.39 is 0 Å². The van der Waals surface area contributed by atoms with Gasteiger partial charge in [0.25, 0.3) is 5.91 Å². The molecule has 40 heavy (non-hydrogen) atoms. The second-order valence-electron chi connectivity index (χ2n) is 9.45. The minimum Gasteiger partial charge on any atom is -0.465 e. The van der Waals surface area contributed by atoms with Crippen molar-refractivity contribution in [2.75, 3.05) is 13.7 Å². The highest BCUT2D eigenvalue weighted by Gasteiger charge is 2.40. The van der Waals surface area contributed by atoms with E-state index in [2.05, 4.69) is 32.4 Å². The van der Waals surface area contributed by atoms with Crippen LogP contribution in [0.5, 0.6) is 0 Å². The van der Waals surface area contributed by atoms with E-state index in [4.69, 9.17) is 4.74 Å². The standard InChI is InChI=1S/C29H33BrN4O4S.ClH/c1-4-6-8-26-31-16-23(33(26)17-20-9-11-22(12-10-20)28(36)38-3)15-24-27(35)32(13-7-5-2)29(37)34(24)18-21-14-25(30)39-19-21;/h9-12,14-16,19H,4-8,13,17-18H2,1-3H3;1H/b24-15-;. The van der Waals surface area contributed by atoms with Crippen LogP contribution in [0.1, 0.15) is 72.5 Å². The first-order chi connectivity index (χ1) is 18.9. The van der Waals surface area contributed by atoms with Crippen molar-refractivity contribution in [3.05, 3.63) is 79.6 Å². The van der Waals surface area contributed by atoms with Crippen LogP contribution < -0.4 is 0 Å². The van der Waals surface area contributed by atoms with Gasteiger partial charge in [-0.1, -0.05) is 38.8 Å². The number of thiophene rings is 1. The summed E-state index contributed by atoms with van der Waals surface area (Å²) in [6.07, 6.45) is 8.00. The molecule has 0 radical (unpaired) electrons. The maximum atomic E-state index is 13.5. The number of esters is 1. The highest BCUT2D eigenvalue weighted by molar-refractivity contribution is 9.11. The lowest BCUT2D eigenvalue weighted by atomic mass is 10.1. The summed E-state index contributed by atoms with van der Waals surface area (Å²) >= 11 is 5.04. The summed E-state index contributed by atoms with van der Waals surface area (Å²) in [7, 11) is 1.36. The molecule has 0 spiro atoms. The predicted molar refractivity (Wildman–Crippen MR) is 163 cm³/mol. The zero-order valence-corrected chi connectivity index (χ0v) is 26.1. The Kier molecular flexibility index (Phi) is 11.5. The molecule has 0 aliphatic carbocycles. The Morgan fingerprint density at radius 2 is 1.77 bits per heavy atom. The summed E-state index contributed by atoms with van der Waals surface area (Å²) in [6, 6.07) is 8.95. The largest absolute Gasteiger partial charge is 0.465 e. The highest BCUT2D eigenvalue weighted by Crippen LogP contribution is 2.29. The summed E-state index contributed by atoms with van der Waals surface area (Å²) < 4.78 is 7.87. The number of imidazole rings is 1. The Balaban J connectivity index is 0.00000441. The fourth-order valence-corrected chi connectivity index (χ4v) is 5.65. The molecule has 1 aromatic carbocycles. The van der Waals surface area contributed by atoms with E-state index in [9.17, 15) is 14.4 Å². The lowest BCUT2D eigenvalue weighted by Crippen LogP contribution is -2.33. The summed E-state index contributed by atoms with van der Waals surface area (Å²) in [6.45, 7) is 5.39. The summed E-state index contributed by atoms with van der Waals surface area (Å²) in [5, 5.41) is 1.99. The van der Waals surface area contributed by atoms with E-state index in [-0.39, 0.29) is 30.3 Å². The van der Waals surface area contributed by atoms with Gasteiger partial charge in [-0.3, -0.25) is 14.6 Å². The van der Waals surface area contributed by atoms with Crippen LogP contribution in [0.3, 0.4) is 0 Å². The molecule has 2 aromatic heterocycles. The smallest absolute Gasteiger partial charge is 0.337 e. The van der Waals surface area contributed by atoms with Crippen LogP contribution >= 0.6 is 39.7 Å². The molecular weight excluding hydrogens is 616 g/mol. The molecule has 214 valence electrons. The van der Waals surface area contributed by atoms with Crippen LogP contribution in [0.15, 0.2) is 51.4 Å². The summed E-state index contributed by atoms with van der Waals surface area (Å²) in [4.78, 5) is 46.4. The van der Waals surface area contributed by atoms with Crippen molar-refractivity contribution in [1.29, 1.82) is 0 Å². The van der Waals surface area contributed by atoms with Gasteiger partial charge in [0.05, 0.1) is 34.9 Å². The average molecular weight is 650 g/mol. The van der Waals surface area contributed by atoms with Crippen molar-refractivity contribution in [3.63, 3.8) is 0 Å². The number of nitrogens with zero attached hydrogens (tertiary/aromatic N) is 4. The molecule has 0 unspecified atom stereocenters. The molecule has 4 rings (SSSR count). The van der Waals surface area contributed by atoms with Gasteiger partial charge in [-0.05, 0) is 69.6 Å². The second kappa shape index (κ2) is 14.6. The number of amides is 3. The topological polar surface area (TPSA) is 84.7 Å². The van der Waals surface area contributed by atoms with Crippen molar-refractivity contribution in [3.8, 4) is 0 Å². The third-order valence-corrected chi connectivity index (χ3v) is 8.19. The van der Waals surface area contributed by atoms with E-state index in [1.807, 2.05) is 30.5 Å². The minimum absolute atomic E-state index is 0. The lowest BCUT2D eigenvalue weighted by molar-refractivity contribution is -0.123. The number of carbonyl (C=O) groups is 3. The molecule has 1 aliphatic heterocycles. The van der Waals surface area contributed by atoms with E-state index >= 15 is 0 Å². The van der Waals surface area contributed by atoms with Crippen molar-refractivity contribution in [1.82, 2.24) is 19.4 Å². The van der Waals surface area contributed by atoms with Gasteiger partial charge < -0.3 is 9.30 Å². The fraction of sp³-hybridized carbons (Fsp3) is 0.379. The lowest BCUT2D eigenvalue weighted by Gasteiger charge is -2.17. The molecule has 1 aliphatic rings. The fourth-order valence-electron chi connectivity index (χ4n) is 4.45. The number of ether oxygens (including phenoxy) is 1. The maximum absolute atomic E-state index is 13.5. The summed E-state index contributed by atoms with van der Waals surface area (Å²) in [5.41, 5.74) is 3.53. The third kappa shape index (κ3) is 7.21. The van der Waals surface area contributed by atoms with Gasteiger partial charge in [0.1, 0.15) is 11.5 Å². The number of halogens is 2. The third-order valence-electron chi connectivity index (χ3n) is 6.64. The van der Waals surface area contributed by atoms with Gasteiger partial charge >= 0.3 is 12.0 Å². The zero-order valence-electron chi connectivity index (χ0n) is 22.9. The van der Waals surface area contributed by atoms with Gasteiger partial charge in [-0.2, -0.15) is 0 Å². The number of methoxy groups -OCH3 is 1. The quantitative estimate of drug-likeness (QED) is 0.121. The minimum atomic E-state index is -0.381. The first-order valence-corrected chi connectivity index (χ1v) is 14.8. The van der Waals surface area contributed by atoms with Gasteiger partial charge in [-0.15, -0.1) is 23.7 Å². The molecule has 0 atom stereocenters. The monoisotopic (exact) mass is 648 g/mol. The van der Waals surface area contributed by atoms with E-state index in [0.717, 1.165) is 58.5 Å². The number of rotatable bonds is 12. The molecule has 3 aromatic rings. The van der Waals surface area contributed by atoms with Crippen molar-refractivity contribution < 1.29 is 19.1 Å². The van der Waals surface area contributed by atoms with Gasteiger partial charge in [0.15, 0.2) is 0 Å². The number of imide groups is 1. The van der Waals surface area contributed by atoms with Crippen molar-refractivity contribution in [2.45, 2.75) is 59.0 Å². The molecule has 3 amide bonds. The van der Waals surface area contributed by atoms with Crippen molar-refractivity contribution >= 4 is 63.7 Å². The van der Waals surface area contributed by atoms with E-state index in [0.29, 0.717) is 30.9 Å². The Labute approximate surface area is 253 Å². The first kappa shape index (κ1) is 31.6. The number of unbranched alkanes of at least 4 members (excludes halogenated alkanes) is 2. The Hall–Kier alpha value is -2.95. The molecule has 11 heteroatoms. The Bertz CT molecular complexity index is 1370. The van der Waals surface area contributed by atoms with Crippen LogP contribution in [0.25, 0.3) is 6.08 Å². The van der Waals surface area contributed by atoms with Crippen LogP contribution in [0.4, 0.5) is 4.79 Å². The molecular formula is C29H34BrClN4O4S. The van der Waals surface area contributed by atoms with Crippen LogP contribution in [0.2, 0.25) is 0 Å². The number of carbonyl (C=O) groups excluding carboxylic acids is 3. The number of aromatic nitrogens is 2. The summed E-state index contributed by atoms with van der Waals surface area (Å²) in [5.74, 6) is 0.245. The Morgan fingerprint density at radius 3 is 2.40 bits per heavy atom. The molecule has 0 N–H and O–H groups in total. The highest BCUT2D eigenvalue weighted by atomic mass is 79.9. The number of benzene rings is 1. The van der Waals surface area contributed by atoms with E-state index in [1.165, 1.54) is 12.0 Å². The predicted octanol–water partition coefficient (Wildman–Crippen LogP) is 6.91. The van der Waals surface area contributed by atoms with Crippen LogP contribution in [-0.4, -0.2) is 50.9 Å². The molecule has 3 heterocycles. The normalized spacial score (nSPS) is 14.2. The number of hydrogen-bond donors (Lipinski definition) is 0. The SMILES string of the molecule is CCCCc1ncc(/C=C2/C(=O)N(CCCC)C(=O)N2Cc2csc(Br)c2)n1Cc1ccc(C(=O)OC)cc1.Cl.